The fraction of sp³-hybridized carbons (Fsp3) is 0.143. The van der Waals surface area contributed by atoms with Crippen molar-refractivity contribution in [3.8, 4) is 16.9 Å². The second-order valence-electron chi connectivity index (χ2n) is 4.03. The average molecular weight is 249 g/mol. The van der Waals surface area contributed by atoms with E-state index in [9.17, 15) is 8.78 Å². The van der Waals surface area contributed by atoms with Crippen LogP contribution in [0.3, 0.4) is 0 Å². The molecule has 0 heterocycles. The van der Waals surface area contributed by atoms with Crippen molar-refractivity contribution in [1.29, 1.82) is 0 Å². The standard InChI is InChI=1S/C14H13F2NO/c1-8-5-13(17)14(18-2)7-11(8)10-4-3-9(15)6-12(10)16/h3-7H,17H2,1-2H3. The number of anilines is 1. The van der Waals surface area contributed by atoms with Gasteiger partial charge in [0.15, 0.2) is 0 Å². The van der Waals surface area contributed by atoms with Crippen molar-refractivity contribution in [3.63, 3.8) is 0 Å². The minimum Gasteiger partial charge on any atom is -0.495 e. The Kier molecular flexibility index (Phi) is 3.19. The highest BCUT2D eigenvalue weighted by Gasteiger charge is 2.12. The number of benzene rings is 2. The lowest BCUT2D eigenvalue weighted by atomic mass is 9.99. The maximum absolute atomic E-state index is 13.7. The van der Waals surface area contributed by atoms with Gasteiger partial charge in [0.2, 0.25) is 0 Å². The summed E-state index contributed by atoms with van der Waals surface area (Å²) in [6.45, 7) is 1.81. The number of nitrogen functional groups attached to an aromatic ring is 1. The molecule has 0 aliphatic rings. The van der Waals surface area contributed by atoms with Gasteiger partial charge in [-0.25, -0.2) is 8.78 Å². The molecule has 94 valence electrons. The van der Waals surface area contributed by atoms with Gasteiger partial charge in [-0.3, -0.25) is 0 Å². The van der Waals surface area contributed by atoms with Crippen LogP contribution in [-0.2, 0) is 0 Å². The fourth-order valence-corrected chi connectivity index (χ4v) is 1.89. The van der Waals surface area contributed by atoms with Gasteiger partial charge in [0.05, 0.1) is 12.8 Å². The highest BCUT2D eigenvalue weighted by molar-refractivity contribution is 5.73. The third-order valence-corrected chi connectivity index (χ3v) is 2.80. The van der Waals surface area contributed by atoms with Gasteiger partial charge in [-0.15, -0.1) is 0 Å². The molecular weight excluding hydrogens is 236 g/mol. The molecule has 2 aromatic rings. The summed E-state index contributed by atoms with van der Waals surface area (Å²) in [5.41, 5.74) is 8.02. The third-order valence-electron chi connectivity index (χ3n) is 2.80. The van der Waals surface area contributed by atoms with E-state index < -0.39 is 11.6 Å². The predicted molar refractivity (Wildman–Crippen MR) is 67.5 cm³/mol. The molecule has 0 fully saturated rings. The molecule has 2 nitrogen and oxygen atoms in total. The smallest absolute Gasteiger partial charge is 0.142 e. The maximum Gasteiger partial charge on any atom is 0.142 e. The van der Waals surface area contributed by atoms with Gasteiger partial charge < -0.3 is 10.5 Å². The van der Waals surface area contributed by atoms with Gasteiger partial charge in [0, 0.05) is 11.6 Å². The van der Waals surface area contributed by atoms with Gasteiger partial charge in [-0.2, -0.15) is 0 Å². The van der Waals surface area contributed by atoms with Crippen LogP contribution in [0.25, 0.3) is 11.1 Å². The van der Waals surface area contributed by atoms with E-state index in [4.69, 9.17) is 10.5 Å². The zero-order valence-electron chi connectivity index (χ0n) is 10.1. The van der Waals surface area contributed by atoms with Crippen LogP contribution in [0.15, 0.2) is 30.3 Å². The molecule has 2 N–H and O–H groups in total. The SMILES string of the molecule is COc1cc(-c2ccc(F)cc2F)c(C)cc1N. The summed E-state index contributed by atoms with van der Waals surface area (Å²) < 4.78 is 31.7. The Balaban J connectivity index is 2.63. The van der Waals surface area contributed by atoms with E-state index in [0.717, 1.165) is 11.6 Å². The van der Waals surface area contributed by atoms with E-state index in [1.807, 2.05) is 6.92 Å². The van der Waals surface area contributed by atoms with Crippen LogP contribution < -0.4 is 10.5 Å². The zero-order chi connectivity index (χ0) is 13.3. The molecule has 0 atom stereocenters. The van der Waals surface area contributed by atoms with Crippen molar-refractivity contribution in [2.45, 2.75) is 6.92 Å². The van der Waals surface area contributed by atoms with Crippen LogP contribution >= 0.6 is 0 Å². The Morgan fingerprint density at radius 3 is 2.39 bits per heavy atom. The Morgan fingerprint density at radius 1 is 1.06 bits per heavy atom. The number of rotatable bonds is 2. The molecule has 0 aromatic heterocycles. The molecular formula is C14H13F2NO. The van der Waals surface area contributed by atoms with Crippen molar-refractivity contribution in [2.75, 3.05) is 12.8 Å². The molecule has 0 aliphatic carbocycles. The molecule has 2 aromatic carbocycles. The van der Waals surface area contributed by atoms with Crippen molar-refractivity contribution >= 4 is 5.69 Å². The second kappa shape index (κ2) is 4.64. The van der Waals surface area contributed by atoms with Crippen LogP contribution in [0.5, 0.6) is 5.75 Å². The lowest BCUT2D eigenvalue weighted by Gasteiger charge is -2.12. The first-order valence-electron chi connectivity index (χ1n) is 5.42. The molecule has 2 rings (SSSR count). The van der Waals surface area contributed by atoms with Crippen molar-refractivity contribution in [2.24, 2.45) is 0 Å². The van der Waals surface area contributed by atoms with Crippen LogP contribution in [0.2, 0.25) is 0 Å². The fourth-order valence-electron chi connectivity index (χ4n) is 1.89. The van der Waals surface area contributed by atoms with Crippen molar-refractivity contribution in [3.05, 3.63) is 47.5 Å². The molecule has 0 spiro atoms. The maximum atomic E-state index is 13.7. The zero-order valence-corrected chi connectivity index (χ0v) is 10.1. The third kappa shape index (κ3) is 2.14. The number of aryl methyl sites for hydroxylation is 1. The number of methoxy groups -OCH3 is 1. The molecule has 4 heteroatoms. The highest BCUT2D eigenvalue weighted by Crippen LogP contribution is 2.33. The Labute approximate surface area is 104 Å². The van der Waals surface area contributed by atoms with Crippen molar-refractivity contribution < 1.29 is 13.5 Å². The normalized spacial score (nSPS) is 10.4. The molecule has 0 radical (unpaired) electrons. The molecule has 0 saturated heterocycles. The predicted octanol–water partition coefficient (Wildman–Crippen LogP) is 3.53. The van der Waals surface area contributed by atoms with E-state index in [1.54, 1.807) is 12.1 Å². The van der Waals surface area contributed by atoms with E-state index in [1.165, 1.54) is 19.2 Å². The van der Waals surface area contributed by atoms with Crippen LogP contribution in [-0.4, -0.2) is 7.11 Å². The molecule has 0 unspecified atom stereocenters. The monoisotopic (exact) mass is 249 g/mol. The lowest BCUT2D eigenvalue weighted by molar-refractivity contribution is 0.417. The van der Waals surface area contributed by atoms with Gasteiger partial charge in [-0.05, 0) is 42.3 Å². The summed E-state index contributed by atoms with van der Waals surface area (Å²) in [6, 6.07) is 6.85. The van der Waals surface area contributed by atoms with Crippen molar-refractivity contribution in [1.82, 2.24) is 0 Å². The first kappa shape index (κ1) is 12.4. The number of hydrogen-bond donors (Lipinski definition) is 1. The minimum absolute atomic E-state index is 0.326. The Bertz CT molecular complexity index is 597. The first-order chi connectivity index (χ1) is 8.52. The highest BCUT2D eigenvalue weighted by atomic mass is 19.1. The van der Waals surface area contributed by atoms with E-state index >= 15 is 0 Å². The summed E-state index contributed by atoms with van der Waals surface area (Å²) in [5.74, 6) is -0.736. The summed E-state index contributed by atoms with van der Waals surface area (Å²) in [6.07, 6.45) is 0. The molecule has 0 aliphatic heterocycles. The quantitative estimate of drug-likeness (QED) is 0.826. The average Bonchev–Trinajstić information content (AvgIpc) is 2.30. The molecule has 0 saturated carbocycles. The largest absolute Gasteiger partial charge is 0.495 e. The Morgan fingerprint density at radius 2 is 1.78 bits per heavy atom. The van der Waals surface area contributed by atoms with E-state index in [0.29, 0.717) is 22.6 Å². The minimum atomic E-state index is -0.607. The number of hydrogen-bond acceptors (Lipinski definition) is 2. The summed E-state index contributed by atoms with van der Waals surface area (Å²) >= 11 is 0. The molecule has 18 heavy (non-hydrogen) atoms. The summed E-state index contributed by atoms with van der Waals surface area (Å²) in [4.78, 5) is 0. The molecule has 0 bridgehead atoms. The van der Waals surface area contributed by atoms with Gasteiger partial charge in [0.25, 0.3) is 0 Å². The molecule has 0 amide bonds. The van der Waals surface area contributed by atoms with Crippen LogP contribution in [0, 0.1) is 18.6 Å². The van der Waals surface area contributed by atoms with E-state index in [2.05, 4.69) is 0 Å². The summed E-state index contributed by atoms with van der Waals surface area (Å²) in [7, 11) is 1.49. The van der Waals surface area contributed by atoms with Gasteiger partial charge in [0.1, 0.15) is 17.4 Å². The number of nitrogens with two attached hydrogens (primary N) is 1. The Hall–Kier alpha value is -2.10. The number of halogens is 2. The van der Waals surface area contributed by atoms with Gasteiger partial charge in [-0.1, -0.05) is 0 Å². The van der Waals surface area contributed by atoms with E-state index in [-0.39, 0.29) is 0 Å². The van der Waals surface area contributed by atoms with Crippen LogP contribution in [0.4, 0.5) is 14.5 Å². The van der Waals surface area contributed by atoms with Gasteiger partial charge >= 0.3 is 0 Å². The summed E-state index contributed by atoms with van der Waals surface area (Å²) in [5, 5.41) is 0. The number of ether oxygens (including phenoxy) is 1. The second-order valence-corrected chi connectivity index (χ2v) is 4.03. The topological polar surface area (TPSA) is 35.2 Å². The van der Waals surface area contributed by atoms with Crippen LogP contribution in [0.1, 0.15) is 5.56 Å². The first-order valence-corrected chi connectivity index (χ1v) is 5.42. The lowest BCUT2D eigenvalue weighted by Crippen LogP contribution is -1.96.